The number of carbonyl (C=O) groups excluding carboxylic acids is 2. The topological polar surface area (TPSA) is 91.8 Å². The van der Waals surface area contributed by atoms with Crippen LogP contribution in [0.15, 0.2) is 24.3 Å². The molecule has 0 aromatic heterocycles. The largest absolute Gasteiger partial charge is 0.493 e. The van der Waals surface area contributed by atoms with Crippen molar-refractivity contribution in [1.29, 1.82) is 0 Å². The zero-order valence-electron chi connectivity index (χ0n) is 21.1. The molecule has 2 aliphatic heterocycles. The number of anilines is 1. The maximum absolute atomic E-state index is 13.5. The molecule has 2 heterocycles. The Morgan fingerprint density at radius 3 is 2.49 bits per heavy atom. The molecule has 0 radical (unpaired) electrons. The SMILES string of the molecule is C=C1C[C@H]2C(O)N(C(=O)OCC(CN(C)C)SSC(C)C)c3cc(OC)c(OC)cc3C(=O)N2C1. The number of fused-ring (bicyclic) bond motifs is 2. The summed E-state index contributed by atoms with van der Waals surface area (Å²) in [6.45, 7) is 9.40. The lowest BCUT2D eigenvalue weighted by atomic mass is 10.1. The number of ether oxygens (including phenoxy) is 3. The predicted molar refractivity (Wildman–Crippen MR) is 141 cm³/mol. The lowest BCUT2D eigenvalue weighted by Gasteiger charge is -2.32. The van der Waals surface area contributed by atoms with Crippen molar-refractivity contribution >= 4 is 39.3 Å². The Bertz CT molecular complexity index is 957. The fraction of sp³-hybridized carbons (Fsp3) is 0.583. The summed E-state index contributed by atoms with van der Waals surface area (Å²) in [4.78, 5) is 31.7. The van der Waals surface area contributed by atoms with E-state index < -0.39 is 18.4 Å². The summed E-state index contributed by atoms with van der Waals surface area (Å²) in [5.41, 5.74) is 1.26. The van der Waals surface area contributed by atoms with E-state index in [1.54, 1.807) is 26.5 Å². The Kier molecular flexibility index (Phi) is 9.25. The number of hydrogen-bond acceptors (Lipinski definition) is 9. The van der Waals surface area contributed by atoms with E-state index in [0.717, 1.165) is 17.0 Å². The highest BCUT2D eigenvalue weighted by Crippen LogP contribution is 2.41. The maximum Gasteiger partial charge on any atom is 0.416 e. The smallest absolute Gasteiger partial charge is 0.416 e. The van der Waals surface area contributed by atoms with Crippen LogP contribution in [0, 0.1) is 0 Å². The van der Waals surface area contributed by atoms with Crippen LogP contribution >= 0.6 is 21.6 Å². The lowest BCUT2D eigenvalue weighted by molar-refractivity contribution is 0.0489. The van der Waals surface area contributed by atoms with Crippen molar-refractivity contribution in [2.45, 2.75) is 43.0 Å². The highest BCUT2D eigenvalue weighted by Gasteiger charge is 2.46. The van der Waals surface area contributed by atoms with Crippen LogP contribution in [-0.4, -0.2) is 97.7 Å². The molecule has 2 aliphatic rings. The van der Waals surface area contributed by atoms with Crippen LogP contribution in [0.3, 0.4) is 0 Å². The molecule has 0 saturated carbocycles. The fourth-order valence-corrected chi connectivity index (χ4v) is 6.52. The second-order valence-corrected chi connectivity index (χ2v) is 12.3. The predicted octanol–water partition coefficient (Wildman–Crippen LogP) is 3.47. The van der Waals surface area contributed by atoms with Crippen LogP contribution in [0.25, 0.3) is 0 Å². The third kappa shape index (κ3) is 6.19. The van der Waals surface area contributed by atoms with Crippen LogP contribution in [-0.2, 0) is 4.74 Å². The number of nitrogens with zero attached hydrogens (tertiary/aromatic N) is 3. The van der Waals surface area contributed by atoms with Gasteiger partial charge in [-0.2, -0.15) is 0 Å². The normalized spacial score (nSPS) is 20.6. The van der Waals surface area contributed by atoms with Gasteiger partial charge in [0.2, 0.25) is 0 Å². The Morgan fingerprint density at radius 2 is 1.89 bits per heavy atom. The van der Waals surface area contributed by atoms with Gasteiger partial charge in [-0.15, -0.1) is 0 Å². The highest BCUT2D eigenvalue weighted by atomic mass is 33.1. The van der Waals surface area contributed by atoms with Gasteiger partial charge in [0.1, 0.15) is 6.61 Å². The number of carbonyl (C=O) groups is 2. The van der Waals surface area contributed by atoms with Gasteiger partial charge in [-0.05, 0) is 26.6 Å². The van der Waals surface area contributed by atoms with Crippen molar-refractivity contribution in [3.63, 3.8) is 0 Å². The number of benzene rings is 1. The number of methoxy groups -OCH3 is 2. The first-order chi connectivity index (χ1) is 16.6. The van der Waals surface area contributed by atoms with Gasteiger partial charge in [-0.1, -0.05) is 47.6 Å². The number of aliphatic hydroxyl groups excluding tert-OH is 1. The first-order valence-corrected chi connectivity index (χ1v) is 13.7. The Balaban J connectivity index is 1.95. The van der Waals surface area contributed by atoms with Crippen molar-refractivity contribution in [3.05, 3.63) is 29.8 Å². The minimum absolute atomic E-state index is 0.0275. The van der Waals surface area contributed by atoms with Gasteiger partial charge in [0.15, 0.2) is 17.7 Å². The van der Waals surface area contributed by atoms with Gasteiger partial charge in [-0.3, -0.25) is 4.79 Å². The summed E-state index contributed by atoms with van der Waals surface area (Å²) >= 11 is 0. The molecule has 1 aromatic carbocycles. The standard InChI is InChI=1S/C24H35N3O6S2/c1-14(2)34-35-16(12-25(4)5)13-33-24(30)27-18-10-21(32-7)20(31-6)9-17(18)22(28)26-11-15(3)8-19(26)23(27)29/h9-10,14,16,19,23,29H,3,8,11-13H2,1-2,4-7H3/t16?,19-,23?/m0/s1. The molecule has 1 saturated heterocycles. The van der Waals surface area contributed by atoms with Gasteiger partial charge < -0.3 is 29.1 Å². The molecule has 1 aromatic rings. The van der Waals surface area contributed by atoms with E-state index in [1.165, 1.54) is 26.4 Å². The summed E-state index contributed by atoms with van der Waals surface area (Å²) in [6, 6.07) is 2.45. The first-order valence-electron chi connectivity index (χ1n) is 11.4. The molecule has 35 heavy (non-hydrogen) atoms. The van der Waals surface area contributed by atoms with Crippen molar-refractivity contribution in [3.8, 4) is 11.5 Å². The quantitative estimate of drug-likeness (QED) is 0.384. The van der Waals surface area contributed by atoms with E-state index >= 15 is 0 Å². The summed E-state index contributed by atoms with van der Waals surface area (Å²) in [7, 11) is 10.3. The summed E-state index contributed by atoms with van der Waals surface area (Å²) in [5, 5.41) is 11.8. The van der Waals surface area contributed by atoms with Crippen molar-refractivity contribution in [1.82, 2.24) is 9.80 Å². The number of hydrogen-bond donors (Lipinski definition) is 1. The Labute approximate surface area is 215 Å². The van der Waals surface area contributed by atoms with Crippen LogP contribution in [0.1, 0.15) is 30.6 Å². The number of aliphatic hydroxyl groups is 1. The molecule has 0 aliphatic carbocycles. The van der Waals surface area contributed by atoms with E-state index in [9.17, 15) is 14.7 Å². The molecule has 1 N–H and O–H groups in total. The van der Waals surface area contributed by atoms with Gasteiger partial charge in [-0.25, -0.2) is 9.69 Å². The van der Waals surface area contributed by atoms with Crippen LogP contribution in [0.4, 0.5) is 10.5 Å². The van der Waals surface area contributed by atoms with Crippen molar-refractivity contribution in [2.75, 3.05) is 52.9 Å². The molecule has 2 unspecified atom stereocenters. The van der Waals surface area contributed by atoms with Crippen molar-refractivity contribution < 1.29 is 28.9 Å². The van der Waals surface area contributed by atoms with E-state index in [4.69, 9.17) is 14.2 Å². The molecule has 0 bridgehead atoms. The van der Waals surface area contributed by atoms with Crippen LogP contribution in [0.2, 0.25) is 0 Å². The first kappa shape index (κ1) is 27.5. The molecular formula is C24H35N3O6S2. The zero-order valence-corrected chi connectivity index (χ0v) is 22.8. The Morgan fingerprint density at radius 1 is 1.23 bits per heavy atom. The molecule has 194 valence electrons. The van der Waals surface area contributed by atoms with Gasteiger partial charge in [0.05, 0.1) is 36.8 Å². The van der Waals surface area contributed by atoms with Crippen LogP contribution < -0.4 is 14.4 Å². The van der Waals surface area contributed by atoms with Crippen molar-refractivity contribution in [2.24, 2.45) is 0 Å². The van der Waals surface area contributed by atoms with Gasteiger partial charge in [0.25, 0.3) is 5.91 Å². The van der Waals surface area contributed by atoms with Gasteiger partial charge >= 0.3 is 6.09 Å². The molecular weight excluding hydrogens is 490 g/mol. The third-order valence-electron chi connectivity index (χ3n) is 5.70. The molecule has 9 nitrogen and oxygen atoms in total. The highest BCUT2D eigenvalue weighted by molar-refractivity contribution is 8.77. The second kappa shape index (κ2) is 11.8. The minimum atomic E-state index is -1.31. The number of rotatable bonds is 9. The monoisotopic (exact) mass is 525 g/mol. The average molecular weight is 526 g/mol. The third-order valence-corrected chi connectivity index (χ3v) is 9.05. The van der Waals surface area contributed by atoms with E-state index in [1.807, 2.05) is 19.0 Å². The molecule has 3 rings (SSSR count). The Hall–Kier alpha value is -2.08. The van der Waals surface area contributed by atoms with E-state index in [-0.39, 0.29) is 29.0 Å². The second-order valence-electron chi connectivity index (χ2n) is 9.16. The molecule has 0 spiro atoms. The maximum atomic E-state index is 13.5. The van der Waals surface area contributed by atoms with Gasteiger partial charge in [0, 0.05) is 24.4 Å². The molecule has 3 atom stereocenters. The van der Waals surface area contributed by atoms with E-state index in [2.05, 4.69) is 20.4 Å². The molecule has 1 fully saturated rings. The fourth-order valence-electron chi connectivity index (χ4n) is 4.17. The summed E-state index contributed by atoms with van der Waals surface area (Å²) < 4.78 is 16.5. The zero-order chi connectivity index (χ0) is 25.9. The van der Waals surface area contributed by atoms with Crippen LogP contribution in [0.5, 0.6) is 11.5 Å². The summed E-state index contributed by atoms with van der Waals surface area (Å²) in [6.07, 6.45) is -1.64. The summed E-state index contributed by atoms with van der Waals surface area (Å²) in [5.74, 6) is 0.380. The minimum Gasteiger partial charge on any atom is -0.493 e. The average Bonchev–Trinajstić information content (AvgIpc) is 3.18. The molecule has 2 amide bonds. The lowest BCUT2D eigenvalue weighted by Crippen LogP contribution is -2.51. The van der Waals surface area contributed by atoms with E-state index in [0.29, 0.717) is 29.7 Å². The number of amides is 2. The molecule has 11 heteroatoms.